The maximum Gasteiger partial charge on any atom is 0.304 e. The van der Waals surface area contributed by atoms with Crippen molar-refractivity contribution in [3.63, 3.8) is 0 Å². The highest BCUT2D eigenvalue weighted by atomic mass is 32.2. The molecular formula is C12H16FNO5S. The normalized spacial score (nSPS) is 11.7. The number of rotatable bonds is 6. The number of carbonyl (C=O) groups is 1. The number of sulfonamides is 1. The first-order chi connectivity index (χ1) is 9.21. The summed E-state index contributed by atoms with van der Waals surface area (Å²) in [6.07, 6.45) is -0.326. The summed E-state index contributed by atoms with van der Waals surface area (Å²) in [6.45, 7) is 1.14. The van der Waals surface area contributed by atoms with Crippen molar-refractivity contribution in [2.24, 2.45) is 0 Å². The second kappa shape index (κ2) is 6.19. The third-order valence-corrected chi connectivity index (χ3v) is 4.85. The molecule has 0 spiro atoms. The number of hydrogen-bond acceptors (Lipinski definition) is 4. The van der Waals surface area contributed by atoms with Crippen LogP contribution in [0, 0.1) is 12.7 Å². The molecule has 112 valence electrons. The molecule has 1 N–H and O–H groups in total. The molecule has 0 saturated heterocycles. The van der Waals surface area contributed by atoms with Crippen molar-refractivity contribution in [3.05, 3.63) is 23.5 Å². The number of nitrogens with zero attached hydrogens (tertiary/aromatic N) is 1. The van der Waals surface area contributed by atoms with Crippen LogP contribution in [0.5, 0.6) is 5.75 Å². The fourth-order valence-electron chi connectivity index (χ4n) is 1.62. The number of aliphatic carboxylic acids is 1. The first kappa shape index (κ1) is 16.4. The molecule has 0 heterocycles. The number of ether oxygens (including phenoxy) is 1. The largest absolute Gasteiger partial charge is 0.494 e. The van der Waals surface area contributed by atoms with Crippen molar-refractivity contribution >= 4 is 16.0 Å². The van der Waals surface area contributed by atoms with E-state index in [0.717, 1.165) is 4.31 Å². The fourth-order valence-corrected chi connectivity index (χ4v) is 3.00. The summed E-state index contributed by atoms with van der Waals surface area (Å²) in [7, 11) is -1.41. The van der Waals surface area contributed by atoms with Crippen molar-refractivity contribution in [1.29, 1.82) is 0 Å². The van der Waals surface area contributed by atoms with Gasteiger partial charge in [-0.2, -0.15) is 0 Å². The zero-order valence-corrected chi connectivity index (χ0v) is 12.2. The van der Waals surface area contributed by atoms with Gasteiger partial charge < -0.3 is 9.84 Å². The number of hydrogen-bond donors (Lipinski definition) is 1. The molecule has 20 heavy (non-hydrogen) atoms. The summed E-state index contributed by atoms with van der Waals surface area (Å²) < 4.78 is 44.0. The number of carboxylic acid groups (broad SMARTS) is 1. The Morgan fingerprint density at radius 2 is 2.05 bits per heavy atom. The van der Waals surface area contributed by atoms with Crippen molar-refractivity contribution in [3.8, 4) is 5.75 Å². The molecule has 0 aliphatic carbocycles. The lowest BCUT2D eigenvalue weighted by Crippen LogP contribution is -2.30. The van der Waals surface area contributed by atoms with Gasteiger partial charge in [-0.15, -0.1) is 0 Å². The van der Waals surface area contributed by atoms with Gasteiger partial charge in [0.15, 0.2) is 11.6 Å². The highest BCUT2D eigenvalue weighted by Crippen LogP contribution is 2.27. The third-order valence-electron chi connectivity index (χ3n) is 2.85. The summed E-state index contributed by atoms with van der Waals surface area (Å²) in [5.74, 6) is -1.90. The van der Waals surface area contributed by atoms with Crippen molar-refractivity contribution in [1.82, 2.24) is 4.31 Å². The molecule has 0 unspecified atom stereocenters. The van der Waals surface area contributed by atoms with Gasteiger partial charge in [0, 0.05) is 19.2 Å². The van der Waals surface area contributed by atoms with E-state index in [-0.39, 0.29) is 29.2 Å². The first-order valence-corrected chi connectivity index (χ1v) is 7.17. The third kappa shape index (κ3) is 3.26. The standard InChI is InChI=1S/C12H16FNO5S/c1-8-10(5-4-9(19-3)12(8)13)20(17,18)14(2)7-6-11(15)16/h4-5H,6-7H2,1-3H3,(H,15,16). The van der Waals surface area contributed by atoms with Crippen molar-refractivity contribution < 1.29 is 27.4 Å². The molecule has 8 heteroatoms. The summed E-state index contributed by atoms with van der Waals surface area (Å²) in [4.78, 5) is 10.3. The summed E-state index contributed by atoms with van der Waals surface area (Å²) in [6, 6.07) is 2.46. The van der Waals surface area contributed by atoms with E-state index in [1.54, 1.807) is 0 Å². The Morgan fingerprint density at radius 3 is 2.55 bits per heavy atom. The molecule has 0 bridgehead atoms. The van der Waals surface area contributed by atoms with Crippen LogP contribution in [-0.2, 0) is 14.8 Å². The van der Waals surface area contributed by atoms with Gasteiger partial charge in [0.25, 0.3) is 0 Å². The number of carboxylic acids is 1. The second-order valence-electron chi connectivity index (χ2n) is 4.18. The van der Waals surface area contributed by atoms with Crippen LogP contribution in [-0.4, -0.2) is 44.5 Å². The summed E-state index contributed by atoms with van der Waals surface area (Å²) in [5.41, 5.74) is -0.0634. The molecule has 1 rings (SSSR count). The van der Waals surface area contributed by atoms with E-state index < -0.39 is 21.8 Å². The van der Waals surface area contributed by atoms with Gasteiger partial charge in [0.05, 0.1) is 18.4 Å². The topological polar surface area (TPSA) is 83.9 Å². The smallest absolute Gasteiger partial charge is 0.304 e. The van der Waals surface area contributed by atoms with Gasteiger partial charge in [-0.25, -0.2) is 17.1 Å². The highest BCUT2D eigenvalue weighted by Gasteiger charge is 2.25. The predicted octanol–water partition coefficient (Wildman–Crippen LogP) is 1.24. The van der Waals surface area contributed by atoms with Crippen LogP contribution in [0.2, 0.25) is 0 Å². The Morgan fingerprint density at radius 1 is 1.45 bits per heavy atom. The average molecular weight is 305 g/mol. The lowest BCUT2D eigenvalue weighted by atomic mass is 10.2. The molecule has 1 aromatic rings. The van der Waals surface area contributed by atoms with Crippen LogP contribution in [0.4, 0.5) is 4.39 Å². The van der Waals surface area contributed by atoms with E-state index in [1.807, 2.05) is 0 Å². The number of halogens is 1. The Hall–Kier alpha value is -1.67. The van der Waals surface area contributed by atoms with Crippen LogP contribution in [0.25, 0.3) is 0 Å². The van der Waals surface area contributed by atoms with Gasteiger partial charge in [-0.05, 0) is 19.1 Å². The van der Waals surface area contributed by atoms with Crippen LogP contribution in [0.15, 0.2) is 17.0 Å². The Labute approximate surface area is 116 Å². The molecule has 0 aliphatic rings. The quantitative estimate of drug-likeness (QED) is 0.855. The molecule has 0 atom stereocenters. The predicted molar refractivity (Wildman–Crippen MR) is 69.8 cm³/mol. The minimum Gasteiger partial charge on any atom is -0.494 e. The van der Waals surface area contributed by atoms with E-state index in [4.69, 9.17) is 9.84 Å². The minimum absolute atomic E-state index is 0.0466. The van der Waals surface area contributed by atoms with Gasteiger partial charge in [0.2, 0.25) is 10.0 Å². The lowest BCUT2D eigenvalue weighted by molar-refractivity contribution is -0.137. The summed E-state index contributed by atoms with van der Waals surface area (Å²) >= 11 is 0. The van der Waals surface area contributed by atoms with E-state index in [2.05, 4.69) is 0 Å². The maximum absolute atomic E-state index is 13.9. The van der Waals surface area contributed by atoms with Gasteiger partial charge >= 0.3 is 5.97 Å². The maximum atomic E-state index is 13.9. The highest BCUT2D eigenvalue weighted by molar-refractivity contribution is 7.89. The molecule has 0 saturated carbocycles. The molecule has 1 aromatic carbocycles. The molecule has 0 amide bonds. The monoisotopic (exact) mass is 305 g/mol. The van der Waals surface area contributed by atoms with E-state index >= 15 is 0 Å². The van der Waals surface area contributed by atoms with Gasteiger partial charge in [-0.3, -0.25) is 4.79 Å². The average Bonchev–Trinajstić information content (AvgIpc) is 2.38. The van der Waals surface area contributed by atoms with E-state index in [0.29, 0.717) is 0 Å². The Kier molecular flexibility index (Phi) is 5.07. The molecule has 0 fully saturated rings. The Bertz CT molecular complexity index is 615. The molecular weight excluding hydrogens is 289 g/mol. The number of methoxy groups -OCH3 is 1. The molecule has 0 aliphatic heterocycles. The van der Waals surface area contributed by atoms with Gasteiger partial charge in [0.1, 0.15) is 0 Å². The second-order valence-corrected chi connectivity index (χ2v) is 6.19. The first-order valence-electron chi connectivity index (χ1n) is 5.73. The zero-order chi connectivity index (χ0) is 15.5. The minimum atomic E-state index is -3.94. The lowest BCUT2D eigenvalue weighted by Gasteiger charge is -2.18. The van der Waals surface area contributed by atoms with Crippen LogP contribution < -0.4 is 4.74 Å². The van der Waals surface area contributed by atoms with Crippen LogP contribution in [0.3, 0.4) is 0 Å². The summed E-state index contributed by atoms with van der Waals surface area (Å²) in [5, 5.41) is 8.57. The molecule has 0 aromatic heterocycles. The van der Waals surface area contributed by atoms with Crippen LogP contribution >= 0.6 is 0 Å². The van der Waals surface area contributed by atoms with Crippen LogP contribution in [0.1, 0.15) is 12.0 Å². The fraction of sp³-hybridized carbons (Fsp3) is 0.417. The SMILES string of the molecule is COc1ccc(S(=O)(=O)N(C)CCC(=O)O)c(C)c1F. The van der Waals surface area contributed by atoms with E-state index in [9.17, 15) is 17.6 Å². The van der Waals surface area contributed by atoms with Crippen molar-refractivity contribution in [2.45, 2.75) is 18.2 Å². The Balaban J connectivity index is 3.16. The number of benzene rings is 1. The van der Waals surface area contributed by atoms with E-state index in [1.165, 1.54) is 33.2 Å². The molecule has 6 nitrogen and oxygen atoms in total. The molecule has 0 radical (unpaired) electrons. The van der Waals surface area contributed by atoms with Gasteiger partial charge in [-0.1, -0.05) is 0 Å². The van der Waals surface area contributed by atoms with Crippen molar-refractivity contribution in [2.75, 3.05) is 20.7 Å². The zero-order valence-electron chi connectivity index (χ0n) is 11.4.